The van der Waals surface area contributed by atoms with Gasteiger partial charge in [0.15, 0.2) is 0 Å². The van der Waals surface area contributed by atoms with Gasteiger partial charge in [-0.05, 0) is 38.2 Å². The Labute approximate surface area is 97.3 Å². The summed E-state index contributed by atoms with van der Waals surface area (Å²) >= 11 is 0. The molecule has 0 unspecified atom stereocenters. The van der Waals surface area contributed by atoms with Crippen molar-refractivity contribution in [1.29, 1.82) is 0 Å². The molecule has 1 N–H and O–H groups in total. The number of hydrogen-bond donors (Lipinski definition) is 1. The lowest BCUT2D eigenvalue weighted by Crippen LogP contribution is -2.34. The van der Waals surface area contributed by atoms with Gasteiger partial charge in [-0.2, -0.15) is 0 Å². The third-order valence-electron chi connectivity index (χ3n) is 3.65. The van der Waals surface area contributed by atoms with E-state index >= 15 is 0 Å². The first-order valence-electron chi connectivity index (χ1n) is 5.96. The highest BCUT2D eigenvalue weighted by atomic mass is 16.5. The van der Waals surface area contributed by atoms with Crippen LogP contribution in [0, 0.1) is 6.92 Å². The predicted octanol–water partition coefficient (Wildman–Crippen LogP) is 2.77. The highest BCUT2D eigenvalue weighted by Crippen LogP contribution is 2.37. The van der Waals surface area contributed by atoms with Crippen LogP contribution in [0.5, 0.6) is 0 Å². The van der Waals surface area contributed by atoms with Crippen LogP contribution in [0.1, 0.15) is 36.8 Å². The monoisotopic (exact) mass is 220 g/mol. The summed E-state index contributed by atoms with van der Waals surface area (Å²) in [7, 11) is 1.75. The van der Waals surface area contributed by atoms with Crippen molar-refractivity contribution in [2.24, 2.45) is 0 Å². The normalized spacial score (nSPS) is 30.3. The summed E-state index contributed by atoms with van der Waals surface area (Å²) in [5.74, 6) is 0. The molecule has 16 heavy (non-hydrogen) atoms. The molecule has 0 radical (unpaired) electrons. The highest BCUT2D eigenvalue weighted by Gasteiger charge is 2.34. The maximum atomic E-state index is 10.6. The first-order chi connectivity index (χ1) is 7.64. The van der Waals surface area contributed by atoms with Crippen LogP contribution in [0.4, 0.5) is 0 Å². The average molecular weight is 220 g/mol. The largest absolute Gasteiger partial charge is 0.385 e. The van der Waals surface area contributed by atoms with Crippen LogP contribution in [0.2, 0.25) is 0 Å². The molecule has 0 aromatic heterocycles. The van der Waals surface area contributed by atoms with Gasteiger partial charge in [-0.25, -0.2) is 0 Å². The first-order valence-corrected chi connectivity index (χ1v) is 5.96. The number of rotatable bonds is 2. The van der Waals surface area contributed by atoms with Crippen molar-refractivity contribution in [3.8, 4) is 0 Å². The summed E-state index contributed by atoms with van der Waals surface area (Å²) in [5, 5.41) is 10.6. The Kier molecular flexibility index (Phi) is 3.31. The standard InChI is InChI=1S/C14H20O2/c1-11-4-3-5-12(10-11)14(15)8-6-13(16-2)7-9-14/h3-5,10,13,15H,6-9H2,1-2H3. The van der Waals surface area contributed by atoms with E-state index in [9.17, 15) is 5.11 Å². The van der Waals surface area contributed by atoms with Crippen LogP contribution in [0.25, 0.3) is 0 Å². The van der Waals surface area contributed by atoms with Crippen molar-refractivity contribution in [3.63, 3.8) is 0 Å². The summed E-state index contributed by atoms with van der Waals surface area (Å²) in [6, 6.07) is 8.20. The van der Waals surface area contributed by atoms with E-state index in [-0.39, 0.29) is 0 Å². The molecule has 2 heteroatoms. The summed E-state index contributed by atoms with van der Waals surface area (Å²) < 4.78 is 5.33. The van der Waals surface area contributed by atoms with Crippen LogP contribution in [0.15, 0.2) is 24.3 Å². The van der Waals surface area contributed by atoms with Crippen molar-refractivity contribution >= 4 is 0 Å². The molecule has 1 aromatic carbocycles. The van der Waals surface area contributed by atoms with E-state index in [0.717, 1.165) is 31.2 Å². The van der Waals surface area contributed by atoms with E-state index in [2.05, 4.69) is 19.1 Å². The number of methoxy groups -OCH3 is 1. The van der Waals surface area contributed by atoms with Gasteiger partial charge >= 0.3 is 0 Å². The molecule has 0 amide bonds. The Balaban J connectivity index is 2.15. The van der Waals surface area contributed by atoms with Crippen LogP contribution in [-0.2, 0) is 10.3 Å². The maximum absolute atomic E-state index is 10.6. The Hall–Kier alpha value is -0.860. The molecule has 0 atom stereocenters. The third-order valence-corrected chi connectivity index (χ3v) is 3.65. The molecular formula is C14H20O2. The van der Waals surface area contributed by atoms with Crippen molar-refractivity contribution in [2.45, 2.75) is 44.3 Å². The summed E-state index contributed by atoms with van der Waals surface area (Å²) in [6.07, 6.45) is 3.82. The van der Waals surface area contributed by atoms with Gasteiger partial charge in [0, 0.05) is 7.11 Å². The second-order valence-corrected chi connectivity index (χ2v) is 4.84. The Bertz CT molecular complexity index is 352. The second kappa shape index (κ2) is 4.56. The lowest BCUT2D eigenvalue weighted by atomic mass is 9.78. The van der Waals surface area contributed by atoms with Gasteiger partial charge in [0.25, 0.3) is 0 Å². The molecule has 0 spiro atoms. The van der Waals surface area contributed by atoms with Crippen LogP contribution < -0.4 is 0 Å². The Morgan fingerprint density at radius 2 is 2.00 bits per heavy atom. The van der Waals surface area contributed by atoms with Crippen LogP contribution >= 0.6 is 0 Å². The zero-order valence-corrected chi connectivity index (χ0v) is 10.1. The maximum Gasteiger partial charge on any atom is 0.0898 e. The van der Waals surface area contributed by atoms with E-state index in [1.54, 1.807) is 7.11 Å². The topological polar surface area (TPSA) is 29.5 Å². The fourth-order valence-corrected chi connectivity index (χ4v) is 2.53. The molecule has 1 aliphatic rings. The van der Waals surface area contributed by atoms with Gasteiger partial charge in [0.2, 0.25) is 0 Å². The molecule has 0 aliphatic heterocycles. The number of aryl methyl sites for hydroxylation is 1. The van der Waals surface area contributed by atoms with Crippen molar-refractivity contribution < 1.29 is 9.84 Å². The van der Waals surface area contributed by atoms with E-state index in [4.69, 9.17) is 4.74 Å². The van der Waals surface area contributed by atoms with Crippen molar-refractivity contribution in [2.75, 3.05) is 7.11 Å². The molecule has 2 rings (SSSR count). The number of ether oxygens (including phenoxy) is 1. The lowest BCUT2D eigenvalue weighted by molar-refractivity contribution is -0.0474. The summed E-state index contributed by atoms with van der Waals surface area (Å²) in [6.45, 7) is 2.06. The fraction of sp³-hybridized carbons (Fsp3) is 0.571. The first kappa shape index (κ1) is 11.6. The third kappa shape index (κ3) is 2.28. The summed E-state index contributed by atoms with van der Waals surface area (Å²) in [4.78, 5) is 0. The average Bonchev–Trinajstić information content (AvgIpc) is 2.30. The minimum absolute atomic E-state index is 0.324. The molecule has 1 saturated carbocycles. The highest BCUT2D eigenvalue weighted by molar-refractivity contribution is 5.27. The second-order valence-electron chi connectivity index (χ2n) is 4.84. The van der Waals surface area contributed by atoms with Gasteiger partial charge < -0.3 is 9.84 Å². The molecule has 1 aliphatic carbocycles. The number of aliphatic hydroxyl groups is 1. The smallest absolute Gasteiger partial charge is 0.0898 e. The minimum Gasteiger partial charge on any atom is -0.385 e. The molecule has 0 bridgehead atoms. The number of benzene rings is 1. The van der Waals surface area contributed by atoms with Crippen molar-refractivity contribution in [3.05, 3.63) is 35.4 Å². The van der Waals surface area contributed by atoms with Gasteiger partial charge in [0.1, 0.15) is 0 Å². The Morgan fingerprint density at radius 1 is 1.31 bits per heavy atom. The van der Waals surface area contributed by atoms with Crippen molar-refractivity contribution in [1.82, 2.24) is 0 Å². The molecule has 0 heterocycles. The van der Waals surface area contributed by atoms with E-state index in [1.807, 2.05) is 12.1 Å². The summed E-state index contributed by atoms with van der Waals surface area (Å²) in [5.41, 5.74) is 1.63. The van der Waals surface area contributed by atoms with Crippen LogP contribution in [-0.4, -0.2) is 18.3 Å². The molecule has 88 valence electrons. The fourth-order valence-electron chi connectivity index (χ4n) is 2.53. The van der Waals surface area contributed by atoms with Gasteiger partial charge in [-0.15, -0.1) is 0 Å². The molecule has 0 saturated heterocycles. The quantitative estimate of drug-likeness (QED) is 0.830. The van der Waals surface area contributed by atoms with E-state index in [1.165, 1.54) is 5.56 Å². The molecule has 1 aromatic rings. The lowest BCUT2D eigenvalue weighted by Gasteiger charge is -2.36. The zero-order valence-electron chi connectivity index (χ0n) is 10.1. The van der Waals surface area contributed by atoms with E-state index in [0.29, 0.717) is 6.10 Å². The Morgan fingerprint density at radius 3 is 2.56 bits per heavy atom. The van der Waals surface area contributed by atoms with Gasteiger partial charge in [0.05, 0.1) is 11.7 Å². The molecular weight excluding hydrogens is 200 g/mol. The zero-order chi connectivity index (χ0) is 11.6. The minimum atomic E-state index is -0.638. The SMILES string of the molecule is COC1CCC(O)(c2cccc(C)c2)CC1. The molecule has 2 nitrogen and oxygen atoms in total. The van der Waals surface area contributed by atoms with Crippen LogP contribution in [0.3, 0.4) is 0 Å². The van der Waals surface area contributed by atoms with Gasteiger partial charge in [-0.3, -0.25) is 0 Å². The molecule has 1 fully saturated rings. The van der Waals surface area contributed by atoms with Gasteiger partial charge in [-0.1, -0.05) is 29.8 Å². The predicted molar refractivity (Wildman–Crippen MR) is 64.3 cm³/mol. The van der Waals surface area contributed by atoms with E-state index < -0.39 is 5.60 Å². The number of hydrogen-bond acceptors (Lipinski definition) is 2.